The third-order valence-electron chi connectivity index (χ3n) is 4.92. The summed E-state index contributed by atoms with van der Waals surface area (Å²) in [5.74, 6) is 0.666. The number of ketones is 1. The van der Waals surface area contributed by atoms with Crippen molar-refractivity contribution in [3.8, 4) is 17.3 Å². The van der Waals surface area contributed by atoms with E-state index < -0.39 is 5.97 Å². The van der Waals surface area contributed by atoms with Crippen LogP contribution in [0.15, 0.2) is 58.3 Å². The molecule has 4 aromatic rings. The van der Waals surface area contributed by atoms with Crippen molar-refractivity contribution in [2.75, 3.05) is 12.4 Å². The Morgan fingerprint density at radius 1 is 1.12 bits per heavy atom. The van der Waals surface area contributed by atoms with Crippen LogP contribution in [0.5, 0.6) is 0 Å². The number of ether oxygens (including phenoxy) is 1. The van der Waals surface area contributed by atoms with Gasteiger partial charge in [0.1, 0.15) is 0 Å². The molecule has 164 valence electrons. The molecule has 1 aromatic carbocycles. The van der Waals surface area contributed by atoms with Gasteiger partial charge in [-0.25, -0.2) is 4.79 Å². The van der Waals surface area contributed by atoms with Crippen molar-refractivity contribution in [2.24, 2.45) is 0 Å². The van der Waals surface area contributed by atoms with Gasteiger partial charge in [0.15, 0.2) is 16.7 Å². The Morgan fingerprint density at radius 3 is 2.59 bits per heavy atom. The highest BCUT2D eigenvalue weighted by Gasteiger charge is 2.24. The van der Waals surface area contributed by atoms with Crippen LogP contribution < -0.4 is 0 Å². The fourth-order valence-electron chi connectivity index (χ4n) is 3.48. The molecule has 4 rings (SSSR count). The summed E-state index contributed by atoms with van der Waals surface area (Å²) in [5, 5.41) is 9.13. The van der Waals surface area contributed by atoms with Gasteiger partial charge in [-0.3, -0.25) is 9.36 Å². The number of esters is 1. The first-order chi connectivity index (χ1) is 15.5. The van der Waals surface area contributed by atoms with Crippen LogP contribution in [0.3, 0.4) is 0 Å². The number of aromatic amines is 1. The van der Waals surface area contributed by atoms with E-state index in [0.29, 0.717) is 39.3 Å². The van der Waals surface area contributed by atoms with E-state index in [1.807, 2.05) is 41.0 Å². The van der Waals surface area contributed by atoms with E-state index in [4.69, 9.17) is 9.15 Å². The van der Waals surface area contributed by atoms with Gasteiger partial charge in [0, 0.05) is 11.4 Å². The number of benzene rings is 1. The van der Waals surface area contributed by atoms with E-state index >= 15 is 0 Å². The minimum absolute atomic E-state index is 0.117. The van der Waals surface area contributed by atoms with Crippen LogP contribution in [-0.4, -0.2) is 43.9 Å². The summed E-state index contributed by atoms with van der Waals surface area (Å²) >= 11 is 1.27. The Bertz CT molecular complexity index is 1240. The van der Waals surface area contributed by atoms with Gasteiger partial charge in [-0.1, -0.05) is 30.0 Å². The first-order valence-corrected chi connectivity index (χ1v) is 11.1. The average Bonchev–Trinajstić information content (AvgIpc) is 3.51. The van der Waals surface area contributed by atoms with Crippen LogP contribution in [0.4, 0.5) is 0 Å². The number of nitrogens with one attached hydrogen (secondary N) is 1. The van der Waals surface area contributed by atoms with Gasteiger partial charge in [0.05, 0.1) is 29.9 Å². The minimum atomic E-state index is -0.433. The van der Waals surface area contributed by atoms with Crippen molar-refractivity contribution in [1.82, 2.24) is 19.7 Å². The fourth-order valence-corrected chi connectivity index (χ4v) is 4.30. The number of nitrogens with zero attached hydrogens (tertiary/aromatic N) is 3. The molecule has 0 saturated heterocycles. The molecule has 0 spiro atoms. The number of thioether (sulfide) groups is 1. The first-order valence-electron chi connectivity index (χ1n) is 10.1. The normalized spacial score (nSPS) is 11.0. The van der Waals surface area contributed by atoms with Gasteiger partial charge in [-0.2, -0.15) is 0 Å². The Kier molecular flexibility index (Phi) is 6.27. The molecule has 9 heteroatoms. The Morgan fingerprint density at radius 2 is 1.91 bits per heavy atom. The molecule has 0 atom stereocenters. The summed E-state index contributed by atoms with van der Waals surface area (Å²) in [6.07, 6.45) is 1.58. The number of carbonyl (C=O) groups is 2. The third-order valence-corrected chi connectivity index (χ3v) is 5.85. The molecule has 0 radical (unpaired) electrons. The molecular formula is C23H22N4O4S. The minimum Gasteiger partial charge on any atom is -0.462 e. The van der Waals surface area contributed by atoms with Crippen molar-refractivity contribution in [1.29, 1.82) is 0 Å². The largest absolute Gasteiger partial charge is 0.462 e. The highest BCUT2D eigenvalue weighted by Crippen LogP contribution is 2.29. The molecule has 1 N–H and O–H groups in total. The van der Waals surface area contributed by atoms with Crippen LogP contribution in [-0.2, 0) is 4.74 Å². The van der Waals surface area contributed by atoms with Crippen molar-refractivity contribution < 1.29 is 18.7 Å². The quantitative estimate of drug-likeness (QED) is 0.237. The van der Waals surface area contributed by atoms with Crippen LogP contribution in [0, 0.1) is 13.8 Å². The number of hydrogen-bond donors (Lipinski definition) is 1. The maximum atomic E-state index is 13.0. The summed E-state index contributed by atoms with van der Waals surface area (Å²) in [6.45, 7) is 5.52. The van der Waals surface area contributed by atoms with Gasteiger partial charge in [-0.15, -0.1) is 10.2 Å². The fraction of sp³-hybridized carbons (Fsp3) is 0.217. The highest BCUT2D eigenvalue weighted by atomic mass is 32.2. The summed E-state index contributed by atoms with van der Waals surface area (Å²) in [7, 11) is 0. The van der Waals surface area contributed by atoms with Crippen molar-refractivity contribution in [3.05, 3.63) is 71.2 Å². The van der Waals surface area contributed by atoms with Crippen LogP contribution >= 0.6 is 11.8 Å². The number of H-pyrrole nitrogens is 1. The van der Waals surface area contributed by atoms with Gasteiger partial charge in [-0.05, 0) is 50.6 Å². The van der Waals surface area contributed by atoms with E-state index in [1.165, 1.54) is 11.8 Å². The second kappa shape index (κ2) is 9.27. The van der Waals surface area contributed by atoms with Gasteiger partial charge in [0.25, 0.3) is 0 Å². The zero-order chi connectivity index (χ0) is 22.7. The second-order valence-electron chi connectivity index (χ2n) is 7.01. The predicted octanol–water partition coefficient (Wildman–Crippen LogP) is 4.62. The Hall–Kier alpha value is -3.59. The number of carbonyl (C=O) groups excluding carboxylic acids is 2. The molecule has 0 aliphatic rings. The smallest absolute Gasteiger partial charge is 0.340 e. The molecule has 3 heterocycles. The molecule has 0 aliphatic heterocycles. The summed E-state index contributed by atoms with van der Waals surface area (Å²) in [6, 6.07) is 13.2. The van der Waals surface area contributed by atoms with Gasteiger partial charge < -0.3 is 14.1 Å². The van der Waals surface area contributed by atoms with E-state index in [1.54, 1.807) is 33.1 Å². The number of aromatic nitrogens is 4. The highest BCUT2D eigenvalue weighted by molar-refractivity contribution is 7.99. The predicted molar refractivity (Wildman–Crippen MR) is 120 cm³/mol. The number of rotatable bonds is 8. The maximum absolute atomic E-state index is 13.0. The molecule has 0 bridgehead atoms. The van der Waals surface area contributed by atoms with E-state index in [2.05, 4.69) is 15.2 Å². The molecule has 3 aromatic heterocycles. The molecule has 0 saturated carbocycles. The Balaban J connectivity index is 1.61. The lowest BCUT2D eigenvalue weighted by molar-refractivity contribution is 0.0525. The SMILES string of the molecule is CCOC(=O)c1c(C)[nH]c(C(=O)CSc2nnc(-c3ccco3)n2-c2ccccc2)c1C. The lowest BCUT2D eigenvalue weighted by atomic mass is 10.1. The summed E-state index contributed by atoms with van der Waals surface area (Å²) in [5.41, 5.74) is 2.87. The zero-order valence-electron chi connectivity index (χ0n) is 17.9. The zero-order valence-corrected chi connectivity index (χ0v) is 18.7. The van der Waals surface area contributed by atoms with Crippen LogP contribution in [0.1, 0.15) is 39.0 Å². The van der Waals surface area contributed by atoms with Crippen molar-refractivity contribution in [3.63, 3.8) is 0 Å². The summed E-state index contributed by atoms with van der Waals surface area (Å²) < 4.78 is 12.5. The molecule has 0 aliphatic carbocycles. The number of Topliss-reactive ketones (excluding diaryl/α,β-unsaturated/α-hetero) is 1. The molecular weight excluding hydrogens is 428 g/mol. The van der Waals surface area contributed by atoms with E-state index in [9.17, 15) is 9.59 Å². The number of aryl methyl sites for hydroxylation is 1. The molecule has 0 unspecified atom stereocenters. The van der Waals surface area contributed by atoms with Gasteiger partial charge >= 0.3 is 5.97 Å². The first kappa shape index (κ1) is 21.6. The Labute approximate surface area is 189 Å². The van der Waals surface area contributed by atoms with E-state index in [0.717, 1.165) is 5.69 Å². The second-order valence-corrected chi connectivity index (χ2v) is 7.95. The molecule has 8 nitrogen and oxygen atoms in total. The molecule has 0 fully saturated rings. The lowest BCUT2D eigenvalue weighted by Crippen LogP contribution is -2.09. The summed E-state index contributed by atoms with van der Waals surface area (Å²) in [4.78, 5) is 28.3. The van der Waals surface area contributed by atoms with Crippen molar-refractivity contribution >= 4 is 23.5 Å². The van der Waals surface area contributed by atoms with Gasteiger partial charge in [0.2, 0.25) is 5.82 Å². The van der Waals surface area contributed by atoms with Crippen molar-refractivity contribution in [2.45, 2.75) is 25.9 Å². The third kappa shape index (κ3) is 4.11. The lowest BCUT2D eigenvalue weighted by Gasteiger charge is -2.09. The van der Waals surface area contributed by atoms with E-state index in [-0.39, 0.29) is 18.1 Å². The number of para-hydroxylation sites is 1. The topological polar surface area (TPSA) is 103 Å². The molecule has 0 amide bonds. The average molecular weight is 451 g/mol. The number of furan rings is 1. The maximum Gasteiger partial charge on any atom is 0.340 e. The molecule has 32 heavy (non-hydrogen) atoms. The van der Waals surface area contributed by atoms with Crippen LogP contribution in [0.25, 0.3) is 17.3 Å². The number of hydrogen-bond acceptors (Lipinski definition) is 7. The standard InChI is InChI=1S/C23H22N4O4S/c1-4-30-22(29)19-14(2)20(24-15(19)3)17(28)13-32-23-26-25-21(18-11-8-12-31-18)27(23)16-9-6-5-7-10-16/h5-12,24H,4,13H2,1-3H3. The van der Waals surface area contributed by atoms with Crippen LogP contribution in [0.2, 0.25) is 0 Å². The monoisotopic (exact) mass is 450 g/mol.